The number of rotatable bonds is 3. The van der Waals surface area contributed by atoms with Crippen molar-refractivity contribution in [2.45, 2.75) is 39.3 Å². The maximum absolute atomic E-state index is 13.0. The first-order chi connectivity index (χ1) is 12.5. The van der Waals surface area contributed by atoms with Crippen LogP contribution >= 0.6 is 0 Å². The van der Waals surface area contributed by atoms with E-state index in [1.54, 1.807) is 11.1 Å². The van der Waals surface area contributed by atoms with Gasteiger partial charge in [0.25, 0.3) is 0 Å². The molecular weight excluding hydrogens is 328 g/mol. The molecule has 136 valence electrons. The molecule has 2 aliphatic rings. The van der Waals surface area contributed by atoms with E-state index >= 15 is 0 Å². The first-order valence-corrected chi connectivity index (χ1v) is 9.23. The molecule has 0 N–H and O–H groups in total. The highest BCUT2D eigenvalue weighted by Crippen LogP contribution is 2.28. The summed E-state index contributed by atoms with van der Waals surface area (Å²) in [6.45, 7) is 5.91. The molecule has 2 aromatic rings. The molecule has 26 heavy (non-hydrogen) atoms. The monoisotopic (exact) mass is 352 g/mol. The summed E-state index contributed by atoms with van der Waals surface area (Å²) >= 11 is 0. The van der Waals surface area contributed by atoms with Crippen LogP contribution in [0.2, 0.25) is 0 Å². The first-order valence-electron chi connectivity index (χ1n) is 9.23. The molecule has 6 nitrogen and oxygen atoms in total. The van der Waals surface area contributed by atoms with Gasteiger partial charge < -0.3 is 9.80 Å². The number of amides is 2. The molecule has 0 saturated carbocycles. The van der Waals surface area contributed by atoms with E-state index in [-0.39, 0.29) is 30.2 Å². The summed E-state index contributed by atoms with van der Waals surface area (Å²) in [4.78, 5) is 29.0. The van der Waals surface area contributed by atoms with E-state index in [0.717, 1.165) is 18.7 Å². The summed E-state index contributed by atoms with van der Waals surface area (Å²) in [5.41, 5.74) is 3.32. The Bertz CT molecular complexity index is 842. The summed E-state index contributed by atoms with van der Waals surface area (Å²) in [5.74, 6) is -0.175. The molecule has 0 unspecified atom stereocenters. The predicted octanol–water partition coefficient (Wildman–Crippen LogP) is 2.40. The number of nitrogens with zero attached hydrogens (tertiary/aromatic N) is 4. The summed E-state index contributed by atoms with van der Waals surface area (Å²) < 4.78 is 1.83. The zero-order valence-electron chi connectivity index (χ0n) is 15.3. The van der Waals surface area contributed by atoms with Gasteiger partial charge in [0.05, 0.1) is 17.8 Å². The second-order valence-electron chi connectivity index (χ2n) is 7.46. The highest BCUT2D eigenvalue weighted by atomic mass is 16.2. The quantitative estimate of drug-likeness (QED) is 0.852. The molecule has 1 fully saturated rings. The fraction of sp³-hybridized carbons (Fsp3) is 0.450. The van der Waals surface area contributed by atoms with E-state index in [4.69, 9.17) is 0 Å². The van der Waals surface area contributed by atoms with Crippen molar-refractivity contribution >= 4 is 17.5 Å². The van der Waals surface area contributed by atoms with Crippen LogP contribution in [0.4, 0.5) is 5.69 Å². The number of carbonyl (C=O) groups excluding carboxylic acids is 2. The number of benzene rings is 1. The highest BCUT2D eigenvalue weighted by molar-refractivity contribution is 6.00. The van der Waals surface area contributed by atoms with Crippen molar-refractivity contribution in [3.8, 4) is 0 Å². The van der Waals surface area contributed by atoms with Crippen LogP contribution in [-0.2, 0) is 22.6 Å². The Balaban J connectivity index is 1.46. The minimum atomic E-state index is -0.268. The third-order valence-corrected chi connectivity index (χ3v) is 5.35. The van der Waals surface area contributed by atoms with Crippen LogP contribution in [0.25, 0.3) is 0 Å². The molecule has 1 atom stereocenters. The van der Waals surface area contributed by atoms with Crippen LogP contribution in [0.3, 0.4) is 0 Å². The number of hydrogen-bond acceptors (Lipinski definition) is 3. The standard InChI is InChI=1S/C20H24N4O2/c1-14(2)24-13-18(10-21-24)23-12-17(9-19(23)25)20(26)22-8-7-15-5-3-4-6-16(15)11-22/h3-6,10,13-14,17H,7-9,11-12H2,1-2H3/t17-/m0/s1. The fourth-order valence-electron chi connectivity index (χ4n) is 3.81. The van der Waals surface area contributed by atoms with Crippen LogP contribution in [0.1, 0.15) is 37.4 Å². The van der Waals surface area contributed by atoms with Crippen LogP contribution in [0.15, 0.2) is 36.7 Å². The highest BCUT2D eigenvalue weighted by Gasteiger charge is 2.38. The van der Waals surface area contributed by atoms with Gasteiger partial charge in [0.2, 0.25) is 11.8 Å². The number of hydrogen-bond donors (Lipinski definition) is 0. The third-order valence-electron chi connectivity index (χ3n) is 5.35. The Morgan fingerprint density at radius 2 is 2.00 bits per heavy atom. The first kappa shape index (κ1) is 16.8. The van der Waals surface area contributed by atoms with Crippen molar-refractivity contribution in [2.24, 2.45) is 5.92 Å². The topological polar surface area (TPSA) is 58.4 Å². The van der Waals surface area contributed by atoms with Crippen LogP contribution in [0, 0.1) is 5.92 Å². The van der Waals surface area contributed by atoms with Crippen molar-refractivity contribution in [3.05, 3.63) is 47.8 Å². The molecule has 2 aliphatic heterocycles. The van der Waals surface area contributed by atoms with Gasteiger partial charge in [-0.15, -0.1) is 0 Å². The Labute approximate surface area is 153 Å². The van der Waals surface area contributed by atoms with Crippen LogP contribution in [-0.4, -0.2) is 39.6 Å². The van der Waals surface area contributed by atoms with Gasteiger partial charge in [0.1, 0.15) is 0 Å². The molecule has 1 aromatic heterocycles. The van der Waals surface area contributed by atoms with E-state index < -0.39 is 0 Å². The Hall–Kier alpha value is -2.63. The minimum absolute atomic E-state index is 0.00376. The van der Waals surface area contributed by atoms with Gasteiger partial charge in [0, 0.05) is 38.3 Å². The zero-order chi connectivity index (χ0) is 18.3. The molecule has 4 rings (SSSR count). The summed E-state index contributed by atoms with van der Waals surface area (Å²) in [6.07, 6.45) is 4.76. The molecule has 0 spiro atoms. The van der Waals surface area contributed by atoms with Crippen molar-refractivity contribution < 1.29 is 9.59 Å². The van der Waals surface area contributed by atoms with E-state index in [1.165, 1.54) is 11.1 Å². The van der Waals surface area contributed by atoms with Gasteiger partial charge >= 0.3 is 0 Å². The molecule has 1 saturated heterocycles. The van der Waals surface area contributed by atoms with Gasteiger partial charge in [-0.1, -0.05) is 24.3 Å². The molecule has 0 aliphatic carbocycles. The van der Waals surface area contributed by atoms with Crippen molar-refractivity contribution in [2.75, 3.05) is 18.0 Å². The number of fused-ring (bicyclic) bond motifs is 1. The largest absolute Gasteiger partial charge is 0.338 e. The van der Waals surface area contributed by atoms with E-state index in [1.807, 2.05) is 41.8 Å². The number of carbonyl (C=O) groups is 2. The zero-order valence-corrected chi connectivity index (χ0v) is 15.3. The summed E-state index contributed by atoms with van der Waals surface area (Å²) in [5, 5.41) is 4.31. The second kappa shape index (κ2) is 6.59. The lowest BCUT2D eigenvalue weighted by molar-refractivity contribution is -0.136. The van der Waals surface area contributed by atoms with Crippen molar-refractivity contribution in [1.82, 2.24) is 14.7 Å². The summed E-state index contributed by atoms with van der Waals surface area (Å²) in [7, 11) is 0. The third kappa shape index (κ3) is 3.00. The van der Waals surface area contributed by atoms with Gasteiger partial charge in [-0.25, -0.2) is 0 Å². The van der Waals surface area contributed by atoms with Crippen molar-refractivity contribution in [3.63, 3.8) is 0 Å². The fourth-order valence-corrected chi connectivity index (χ4v) is 3.81. The number of anilines is 1. The van der Waals surface area contributed by atoms with Gasteiger partial charge in [0.15, 0.2) is 0 Å². The predicted molar refractivity (Wildman–Crippen MR) is 98.6 cm³/mol. The Kier molecular flexibility index (Phi) is 4.26. The van der Waals surface area contributed by atoms with Crippen LogP contribution in [0.5, 0.6) is 0 Å². The maximum atomic E-state index is 13.0. The van der Waals surface area contributed by atoms with E-state index in [2.05, 4.69) is 17.2 Å². The van der Waals surface area contributed by atoms with Crippen molar-refractivity contribution in [1.29, 1.82) is 0 Å². The lowest BCUT2D eigenvalue weighted by atomic mass is 9.98. The smallest absolute Gasteiger partial charge is 0.228 e. The Morgan fingerprint density at radius 3 is 2.73 bits per heavy atom. The lowest BCUT2D eigenvalue weighted by Crippen LogP contribution is -2.40. The van der Waals surface area contributed by atoms with Crippen LogP contribution < -0.4 is 4.90 Å². The van der Waals surface area contributed by atoms with E-state index in [9.17, 15) is 9.59 Å². The Morgan fingerprint density at radius 1 is 1.23 bits per heavy atom. The molecule has 0 radical (unpaired) electrons. The SMILES string of the molecule is CC(C)n1cc(N2C[C@@H](C(=O)N3CCc4ccccc4C3)CC2=O)cn1. The molecule has 2 amide bonds. The lowest BCUT2D eigenvalue weighted by Gasteiger charge is -2.30. The number of aromatic nitrogens is 2. The summed E-state index contributed by atoms with van der Waals surface area (Å²) in [6, 6.07) is 8.51. The second-order valence-corrected chi connectivity index (χ2v) is 7.46. The maximum Gasteiger partial charge on any atom is 0.228 e. The molecule has 1 aromatic carbocycles. The molecular formula is C20H24N4O2. The average Bonchev–Trinajstić information content (AvgIpc) is 3.27. The van der Waals surface area contributed by atoms with Gasteiger partial charge in [-0.05, 0) is 31.4 Å². The molecule has 3 heterocycles. The average molecular weight is 352 g/mol. The van der Waals surface area contributed by atoms with E-state index in [0.29, 0.717) is 13.1 Å². The van der Waals surface area contributed by atoms with Gasteiger partial charge in [-0.2, -0.15) is 5.10 Å². The minimum Gasteiger partial charge on any atom is -0.338 e. The van der Waals surface area contributed by atoms with Gasteiger partial charge in [-0.3, -0.25) is 14.3 Å². The molecule has 0 bridgehead atoms. The normalized spacial score (nSPS) is 20.0. The molecule has 6 heteroatoms.